The Labute approximate surface area is 273 Å². The van der Waals surface area contributed by atoms with Crippen molar-refractivity contribution in [2.45, 2.75) is 76.7 Å². The summed E-state index contributed by atoms with van der Waals surface area (Å²) >= 11 is 6.41. The quantitative estimate of drug-likeness (QED) is 0.162. The monoisotopic (exact) mass is 658 g/mol. The molecule has 3 aliphatic rings. The Morgan fingerprint density at radius 1 is 1.27 bits per heavy atom. The highest BCUT2D eigenvalue weighted by Gasteiger charge is 2.44. The van der Waals surface area contributed by atoms with Gasteiger partial charge in [-0.15, -0.1) is 0 Å². The van der Waals surface area contributed by atoms with E-state index in [1.165, 1.54) is 11.1 Å². The Morgan fingerprint density at radius 2 is 2.09 bits per heavy atom. The lowest BCUT2D eigenvalue weighted by Crippen LogP contribution is -2.49. The summed E-state index contributed by atoms with van der Waals surface area (Å²) in [6.07, 6.45) is 10.3. The molecule has 0 aromatic heterocycles. The average Bonchev–Trinajstić information content (AvgIpc) is 3.11. The number of allylic oxidation sites excluding steroid dienone is 1. The molecule has 5 rings (SSSR count). The molecule has 3 N–H and O–H groups in total. The highest BCUT2D eigenvalue weighted by atomic mass is 35.5. The number of aliphatic hydroxyl groups excluding tert-OH is 1. The first-order valence-corrected chi connectivity index (χ1v) is 18.4. The number of nitrogens with two attached hydrogens (primary N) is 1. The van der Waals surface area contributed by atoms with Gasteiger partial charge < -0.3 is 19.5 Å². The fourth-order valence-corrected chi connectivity index (χ4v) is 8.37. The zero-order valence-corrected chi connectivity index (χ0v) is 28.0. The molecular formula is C35H47ClN2O6S. The van der Waals surface area contributed by atoms with Gasteiger partial charge in [-0.3, -0.25) is 0 Å². The second-order valence-electron chi connectivity index (χ2n) is 13.4. The molecule has 246 valence electrons. The molecule has 5 atom stereocenters. The summed E-state index contributed by atoms with van der Waals surface area (Å²) < 4.78 is 35.0. The van der Waals surface area contributed by atoms with Crippen molar-refractivity contribution >= 4 is 33.3 Å². The zero-order valence-electron chi connectivity index (χ0n) is 26.4. The van der Waals surface area contributed by atoms with Crippen LogP contribution >= 0.6 is 11.6 Å². The number of hydrogen-bond donors (Lipinski definition) is 2. The van der Waals surface area contributed by atoms with Crippen molar-refractivity contribution in [2.75, 3.05) is 37.0 Å². The van der Waals surface area contributed by atoms with Crippen molar-refractivity contribution in [3.63, 3.8) is 0 Å². The van der Waals surface area contributed by atoms with Gasteiger partial charge in [0.15, 0.2) is 0 Å². The molecule has 2 aromatic rings. The molecule has 10 heteroatoms. The van der Waals surface area contributed by atoms with Crippen molar-refractivity contribution in [3.8, 4) is 5.75 Å². The van der Waals surface area contributed by atoms with Crippen molar-refractivity contribution in [1.82, 2.24) is 0 Å². The molecule has 8 nitrogen and oxygen atoms in total. The summed E-state index contributed by atoms with van der Waals surface area (Å²) in [5.41, 5.74) is 3.69. The third-order valence-electron chi connectivity index (χ3n) is 9.76. The normalized spacial score (nSPS) is 24.2. The number of aryl methyl sites for hydroxylation is 1. The van der Waals surface area contributed by atoms with Gasteiger partial charge in [0.1, 0.15) is 5.75 Å². The minimum absolute atomic E-state index is 0.0815. The van der Waals surface area contributed by atoms with Gasteiger partial charge in [0, 0.05) is 23.5 Å². The maximum absolute atomic E-state index is 13.0. The molecule has 0 radical (unpaired) electrons. The zero-order chi connectivity index (χ0) is 32.2. The van der Waals surface area contributed by atoms with Crippen LogP contribution in [-0.2, 0) is 26.6 Å². The number of anilines is 1. The predicted octanol–water partition coefficient (Wildman–Crippen LogP) is 6.03. The van der Waals surface area contributed by atoms with Crippen LogP contribution in [0.3, 0.4) is 0 Å². The first-order chi connectivity index (χ1) is 21.5. The number of sulfonamides is 1. The number of primary sulfonamides is 1. The van der Waals surface area contributed by atoms with Gasteiger partial charge in [-0.05, 0) is 104 Å². The summed E-state index contributed by atoms with van der Waals surface area (Å²) in [5.74, 6) is 0.531. The van der Waals surface area contributed by atoms with Crippen LogP contribution in [0.1, 0.15) is 80.3 Å². The molecule has 0 bridgehead atoms. The second kappa shape index (κ2) is 14.4. The second-order valence-corrected chi connectivity index (χ2v) is 15.5. The first-order valence-electron chi connectivity index (χ1n) is 16.3. The molecular weight excluding hydrogens is 612 g/mol. The van der Waals surface area contributed by atoms with Crippen LogP contribution in [0.25, 0.3) is 0 Å². The minimum atomic E-state index is -3.53. The summed E-state index contributed by atoms with van der Waals surface area (Å²) in [6.45, 7) is 6.27. The Hall–Kier alpha value is -2.59. The van der Waals surface area contributed by atoms with Gasteiger partial charge in [0.05, 0.1) is 36.3 Å². The number of unbranched alkanes of at least 4 members (excludes halogenated alkanes) is 1. The van der Waals surface area contributed by atoms with Crippen molar-refractivity contribution < 1.29 is 27.8 Å². The van der Waals surface area contributed by atoms with Crippen LogP contribution in [0, 0.1) is 17.8 Å². The average molecular weight is 659 g/mol. The smallest absolute Gasteiger partial charge is 0.338 e. The summed E-state index contributed by atoms with van der Waals surface area (Å²) in [5, 5.41) is 17.1. The molecule has 2 aromatic carbocycles. The van der Waals surface area contributed by atoms with Crippen LogP contribution in [0.5, 0.6) is 5.75 Å². The number of carbonyl (C=O) groups is 1. The van der Waals surface area contributed by atoms with E-state index in [2.05, 4.69) is 24.0 Å². The molecule has 2 aliphatic carbocycles. The Morgan fingerprint density at radius 3 is 2.82 bits per heavy atom. The van der Waals surface area contributed by atoms with E-state index in [1.807, 2.05) is 37.3 Å². The van der Waals surface area contributed by atoms with E-state index in [9.17, 15) is 18.3 Å². The number of nitrogens with zero attached hydrogens (tertiary/aromatic N) is 1. The van der Waals surface area contributed by atoms with E-state index in [0.29, 0.717) is 31.7 Å². The van der Waals surface area contributed by atoms with Crippen LogP contribution in [0.2, 0.25) is 5.02 Å². The molecule has 1 unspecified atom stereocenters. The Bertz CT molecular complexity index is 1500. The van der Waals surface area contributed by atoms with Crippen LogP contribution in [0.15, 0.2) is 48.6 Å². The number of rotatable bonds is 12. The van der Waals surface area contributed by atoms with Gasteiger partial charge in [-0.1, -0.05) is 50.1 Å². The standard InChI is InChI=1S/C35H47ClN2O6S/c1-3-4-17-43-34(40)26-11-15-33-31(19-26)38(22-35(23-44-33)16-6-8-25-18-28(36)12-14-30(25)35)20-27-10-13-29(27)32(39)9-5-7-24(2)21-45(37,41)42/h5,9,11-12,14-15,18-19,24,27,29,32,39H,3-4,6-8,10,13,16-17,20-23H2,1-2H3,(H2,37,41,42)/t24-,27-,29+,32-,35?/m0/s1. The Kier molecular flexibility index (Phi) is 10.8. The number of aliphatic hydroxyl groups is 1. The number of benzene rings is 2. The SMILES string of the molecule is CCCCOC(=O)c1ccc2c(c1)N(C[C@@H]1CC[C@H]1[C@@H](O)C=CC[C@H](C)CS(N)(=O)=O)CC1(CCCc3cc(Cl)ccc31)CO2. The Balaban J connectivity index is 1.39. The molecule has 45 heavy (non-hydrogen) atoms. The van der Waals surface area contributed by atoms with E-state index in [0.717, 1.165) is 68.0 Å². The van der Waals surface area contributed by atoms with Gasteiger partial charge >= 0.3 is 5.97 Å². The van der Waals surface area contributed by atoms with Crippen LogP contribution in [-0.4, -0.2) is 57.7 Å². The molecule has 0 saturated heterocycles. The number of fused-ring (bicyclic) bond motifs is 3. The highest BCUT2D eigenvalue weighted by molar-refractivity contribution is 7.89. The maximum Gasteiger partial charge on any atom is 0.338 e. The molecule has 1 heterocycles. The minimum Gasteiger partial charge on any atom is -0.490 e. The third kappa shape index (κ3) is 8.23. The van der Waals surface area contributed by atoms with Gasteiger partial charge in [0.2, 0.25) is 10.0 Å². The van der Waals surface area contributed by atoms with Crippen molar-refractivity contribution in [2.24, 2.45) is 22.9 Å². The van der Waals surface area contributed by atoms with E-state index in [4.69, 9.17) is 26.2 Å². The van der Waals surface area contributed by atoms with Gasteiger partial charge in [-0.25, -0.2) is 18.4 Å². The van der Waals surface area contributed by atoms with E-state index < -0.39 is 16.1 Å². The third-order valence-corrected chi connectivity index (χ3v) is 11.0. The van der Waals surface area contributed by atoms with E-state index >= 15 is 0 Å². The number of hydrogen-bond acceptors (Lipinski definition) is 7. The fraction of sp³-hybridized carbons (Fsp3) is 0.571. The lowest BCUT2D eigenvalue weighted by Gasteiger charge is -2.45. The lowest BCUT2D eigenvalue weighted by atomic mass is 9.68. The van der Waals surface area contributed by atoms with Gasteiger partial charge in [-0.2, -0.15) is 0 Å². The topological polar surface area (TPSA) is 119 Å². The van der Waals surface area contributed by atoms with Crippen LogP contribution < -0.4 is 14.8 Å². The number of halogens is 1. The van der Waals surface area contributed by atoms with Crippen molar-refractivity contribution in [3.05, 3.63) is 70.3 Å². The maximum atomic E-state index is 13.0. The molecule has 1 aliphatic heterocycles. The molecule has 1 fully saturated rings. The lowest BCUT2D eigenvalue weighted by molar-refractivity contribution is 0.0456. The summed E-state index contributed by atoms with van der Waals surface area (Å²) in [6, 6.07) is 11.8. The summed E-state index contributed by atoms with van der Waals surface area (Å²) in [4.78, 5) is 15.3. The summed E-state index contributed by atoms with van der Waals surface area (Å²) in [7, 11) is -3.53. The fourth-order valence-electron chi connectivity index (χ4n) is 7.25. The number of ether oxygens (including phenoxy) is 2. The van der Waals surface area contributed by atoms with Crippen LogP contribution in [0.4, 0.5) is 5.69 Å². The largest absolute Gasteiger partial charge is 0.490 e. The number of esters is 1. The van der Waals surface area contributed by atoms with Gasteiger partial charge in [0.25, 0.3) is 0 Å². The van der Waals surface area contributed by atoms with Crippen molar-refractivity contribution in [1.29, 1.82) is 0 Å². The predicted molar refractivity (Wildman–Crippen MR) is 179 cm³/mol. The molecule has 1 spiro atoms. The highest BCUT2D eigenvalue weighted by Crippen LogP contribution is 2.46. The van der Waals surface area contributed by atoms with E-state index in [-0.39, 0.29) is 34.9 Å². The first kappa shape index (κ1) is 33.8. The molecule has 1 saturated carbocycles. The van der Waals surface area contributed by atoms with E-state index in [1.54, 1.807) is 6.07 Å². The number of carbonyl (C=O) groups excluding carboxylic acids is 1. The molecule has 0 amide bonds.